The van der Waals surface area contributed by atoms with E-state index in [0.29, 0.717) is 0 Å². The monoisotopic (exact) mass is 118 g/mol. The minimum Gasteiger partial charge on any atom is -0.394 e. The maximum Gasteiger partial charge on any atom is 0.239 e. The molecular formula is C4H10N2O2. The van der Waals surface area contributed by atoms with Gasteiger partial charge in [-0.3, -0.25) is 4.79 Å². The Morgan fingerprint density at radius 3 is 2.25 bits per heavy atom. The van der Waals surface area contributed by atoms with Gasteiger partial charge in [-0.1, -0.05) is 0 Å². The van der Waals surface area contributed by atoms with Crippen molar-refractivity contribution in [1.82, 2.24) is 0 Å². The molecule has 4 nitrogen and oxygen atoms in total. The number of nitrogens with two attached hydrogens (primary N) is 2. The van der Waals surface area contributed by atoms with Crippen molar-refractivity contribution in [3.8, 4) is 0 Å². The molecule has 0 fully saturated rings. The first-order chi connectivity index (χ1) is 3.50. The van der Waals surface area contributed by atoms with Crippen LogP contribution in [-0.2, 0) is 4.79 Å². The molecule has 0 aromatic carbocycles. The molecule has 0 aliphatic rings. The van der Waals surface area contributed by atoms with Gasteiger partial charge in [0.25, 0.3) is 0 Å². The van der Waals surface area contributed by atoms with Gasteiger partial charge >= 0.3 is 0 Å². The van der Waals surface area contributed by atoms with Gasteiger partial charge in [0.05, 0.1) is 6.61 Å². The fourth-order valence-corrected chi connectivity index (χ4v) is 0.0779. The van der Waals surface area contributed by atoms with Crippen LogP contribution in [0.25, 0.3) is 0 Å². The lowest BCUT2D eigenvalue weighted by Crippen LogP contribution is -2.52. The van der Waals surface area contributed by atoms with Gasteiger partial charge in [-0.15, -0.1) is 0 Å². The van der Waals surface area contributed by atoms with E-state index in [0.717, 1.165) is 0 Å². The first-order valence-corrected chi connectivity index (χ1v) is 2.20. The van der Waals surface area contributed by atoms with Crippen molar-refractivity contribution in [3.63, 3.8) is 0 Å². The molecule has 48 valence electrons. The number of aliphatic hydroxyl groups excluding tert-OH is 1. The van der Waals surface area contributed by atoms with Crippen LogP contribution in [0, 0.1) is 0 Å². The van der Waals surface area contributed by atoms with Crippen LogP contribution in [-0.4, -0.2) is 23.2 Å². The van der Waals surface area contributed by atoms with Gasteiger partial charge in [0.15, 0.2) is 0 Å². The quantitative estimate of drug-likeness (QED) is 0.399. The molecule has 0 saturated heterocycles. The van der Waals surface area contributed by atoms with E-state index in [4.69, 9.17) is 16.6 Å². The molecule has 1 amide bonds. The maximum atomic E-state index is 10.2. The Morgan fingerprint density at radius 2 is 2.25 bits per heavy atom. The third kappa shape index (κ3) is 1.48. The Labute approximate surface area is 47.5 Å². The van der Waals surface area contributed by atoms with Gasteiger partial charge in [-0.2, -0.15) is 0 Å². The first-order valence-electron chi connectivity index (χ1n) is 2.20. The van der Waals surface area contributed by atoms with E-state index in [1.165, 1.54) is 6.92 Å². The zero-order valence-corrected chi connectivity index (χ0v) is 4.72. The Kier molecular flexibility index (Phi) is 1.94. The highest BCUT2D eigenvalue weighted by Gasteiger charge is 2.23. The number of primary amides is 1. The SMILES string of the molecule is C[C@](N)(CO)C(N)=O. The Hall–Kier alpha value is -0.610. The summed E-state index contributed by atoms with van der Waals surface area (Å²) in [5.41, 5.74) is 8.63. The molecule has 0 saturated carbocycles. The van der Waals surface area contributed by atoms with Gasteiger partial charge < -0.3 is 16.6 Å². The van der Waals surface area contributed by atoms with Gasteiger partial charge in [-0.25, -0.2) is 0 Å². The number of hydrogen-bond acceptors (Lipinski definition) is 3. The molecule has 0 aromatic heterocycles. The average Bonchev–Trinajstić information content (AvgIpc) is 1.67. The molecule has 1 atom stereocenters. The van der Waals surface area contributed by atoms with Gasteiger partial charge in [0, 0.05) is 0 Å². The third-order valence-corrected chi connectivity index (χ3v) is 0.891. The predicted octanol–water partition coefficient (Wildman–Crippen LogP) is -1.82. The molecule has 0 aliphatic heterocycles. The summed E-state index contributed by atoms with van der Waals surface area (Å²) in [4.78, 5) is 10.2. The number of rotatable bonds is 2. The summed E-state index contributed by atoms with van der Waals surface area (Å²) in [6.07, 6.45) is 0. The molecular weight excluding hydrogens is 108 g/mol. The van der Waals surface area contributed by atoms with E-state index in [1.807, 2.05) is 0 Å². The van der Waals surface area contributed by atoms with Crippen LogP contribution in [0.5, 0.6) is 0 Å². The zero-order chi connectivity index (χ0) is 6.78. The van der Waals surface area contributed by atoms with Crippen LogP contribution >= 0.6 is 0 Å². The number of carbonyl (C=O) groups excluding carboxylic acids is 1. The molecule has 0 bridgehead atoms. The Bertz CT molecular complexity index is 100. The van der Waals surface area contributed by atoms with Gasteiger partial charge in [-0.05, 0) is 6.92 Å². The van der Waals surface area contributed by atoms with Crippen molar-refractivity contribution in [2.24, 2.45) is 11.5 Å². The van der Waals surface area contributed by atoms with Gasteiger partial charge in [0.2, 0.25) is 5.91 Å². The van der Waals surface area contributed by atoms with Crippen molar-refractivity contribution in [2.45, 2.75) is 12.5 Å². The highest BCUT2D eigenvalue weighted by Crippen LogP contribution is 1.92. The largest absolute Gasteiger partial charge is 0.394 e. The van der Waals surface area contributed by atoms with Crippen LogP contribution in [0.3, 0.4) is 0 Å². The summed E-state index contributed by atoms with van der Waals surface area (Å²) in [7, 11) is 0. The van der Waals surface area contributed by atoms with Crippen molar-refractivity contribution in [1.29, 1.82) is 0 Å². The third-order valence-electron chi connectivity index (χ3n) is 0.891. The van der Waals surface area contributed by atoms with Crippen LogP contribution < -0.4 is 11.5 Å². The minimum absolute atomic E-state index is 0.414. The molecule has 4 heteroatoms. The van der Waals surface area contributed by atoms with Crippen molar-refractivity contribution in [3.05, 3.63) is 0 Å². The zero-order valence-electron chi connectivity index (χ0n) is 4.72. The molecule has 0 rings (SSSR count). The lowest BCUT2D eigenvalue weighted by molar-refractivity contribution is -0.123. The van der Waals surface area contributed by atoms with Crippen molar-refractivity contribution in [2.75, 3.05) is 6.61 Å². The fourth-order valence-electron chi connectivity index (χ4n) is 0.0779. The molecule has 8 heavy (non-hydrogen) atoms. The maximum absolute atomic E-state index is 10.2. The Morgan fingerprint density at radius 1 is 1.88 bits per heavy atom. The summed E-state index contributed by atoms with van der Waals surface area (Å²) in [5, 5.41) is 8.34. The highest BCUT2D eigenvalue weighted by atomic mass is 16.3. The molecule has 0 heterocycles. The van der Waals surface area contributed by atoms with Crippen LogP contribution in [0.2, 0.25) is 0 Å². The number of carbonyl (C=O) groups is 1. The summed E-state index contributed by atoms with van der Waals surface area (Å²) in [6, 6.07) is 0. The summed E-state index contributed by atoms with van der Waals surface area (Å²) >= 11 is 0. The van der Waals surface area contributed by atoms with E-state index in [-0.39, 0.29) is 0 Å². The van der Waals surface area contributed by atoms with Crippen LogP contribution in [0.1, 0.15) is 6.92 Å². The molecule has 0 aromatic rings. The second kappa shape index (κ2) is 2.11. The second-order valence-electron chi connectivity index (χ2n) is 1.94. The number of amides is 1. The van der Waals surface area contributed by atoms with Crippen molar-refractivity contribution < 1.29 is 9.90 Å². The predicted molar refractivity (Wildman–Crippen MR) is 28.9 cm³/mol. The molecule has 0 spiro atoms. The number of aliphatic hydroxyl groups is 1. The molecule has 0 radical (unpaired) electrons. The van der Waals surface area contributed by atoms with E-state index < -0.39 is 18.1 Å². The van der Waals surface area contributed by atoms with Gasteiger partial charge in [0.1, 0.15) is 5.54 Å². The Balaban J connectivity index is 3.91. The molecule has 0 unspecified atom stereocenters. The van der Waals surface area contributed by atoms with E-state index in [2.05, 4.69) is 0 Å². The highest BCUT2D eigenvalue weighted by molar-refractivity contribution is 5.83. The summed E-state index contributed by atoms with van der Waals surface area (Å²) in [5.74, 6) is -0.694. The first kappa shape index (κ1) is 7.39. The average molecular weight is 118 g/mol. The lowest BCUT2D eigenvalue weighted by atomic mass is 10.1. The number of hydrogen-bond donors (Lipinski definition) is 3. The second-order valence-corrected chi connectivity index (χ2v) is 1.94. The van der Waals surface area contributed by atoms with E-state index in [9.17, 15) is 4.79 Å². The van der Waals surface area contributed by atoms with E-state index >= 15 is 0 Å². The molecule has 5 N–H and O–H groups in total. The minimum atomic E-state index is -1.26. The summed E-state index contributed by atoms with van der Waals surface area (Å²) < 4.78 is 0. The normalized spacial score (nSPS) is 17.4. The smallest absolute Gasteiger partial charge is 0.239 e. The molecule has 0 aliphatic carbocycles. The fraction of sp³-hybridized carbons (Fsp3) is 0.750. The topological polar surface area (TPSA) is 89.3 Å². The lowest BCUT2D eigenvalue weighted by Gasteiger charge is -2.15. The van der Waals surface area contributed by atoms with Crippen LogP contribution in [0.4, 0.5) is 0 Å². The van der Waals surface area contributed by atoms with E-state index in [1.54, 1.807) is 0 Å². The van der Waals surface area contributed by atoms with Crippen molar-refractivity contribution >= 4 is 5.91 Å². The summed E-state index contributed by atoms with van der Waals surface area (Å²) in [6.45, 7) is 0.956. The van der Waals surface area contributed by atoms with Crippen LogP contribution in [0.15, 0.2) is 0 Å². The standard InChI is InChI=1S/C4H10N2O2/c1-4(6,2-7)3(5)8/h7H,2,6H2,1H3,(H2,5,8)/t4-/m0/s1.